The van der Waals surface area contributed by atoms with Gasteiger partial charge in [-0.15, -0.1) is 0 Å². The van der Waals surface area contributed by atoms with E-state index in [-0.39, 0.29) is 25.4 Å². The molecule has 1 aromatic rings. The molecule has 0 aliphatic carbocycles. The van der Waals surface area contributed by atoms with Gasteiger partial charge in [0.05, 0.1) is 18.9 Å². The van der Waals surface area contributed by atoms with E-state index >= 15 is 0 Å². The predicted octanol–water partition coefficient (Wildman–Crippen LogP) is -0.457. The number of hydrogen-bond acceptors (Lipinski definition) is 5. The van der Waals surface area contributed by atoms with Crippen molar-refractivity contribution in [2.24, 2.45) is 0 Å². The second-order valence-corrected chi connectivity index (χ2v) is 6.31. The average molecular weight is 317 g/mol. The SMILES string of the molecule is CNC(=O)C1COCCN1S(=O)(=O)c1c(N)cccc1F. The molecule has 3 N–H and O–H groups in total. The lowest BCUT2D eigenvalue weighted by molar-refractivity contribution is -0.128. The molecule has 21 heavy (non-hydrogen) atoms. The van der Waals surface area contributed by atoms with E-state index in [0.29, 0.717) is 0 Å². The maximum Gasteiger partial charge on any atom is 0.248 e. The van der Waals surface area contributed by atoms with E-state index < -0.39 is 32.7 Å². The number of amides is 1. The van der Waals surface area contributed by atoms with Gasteiger partial charge in [0.25, 0.3) is 0 Å². The standard InChI is InChI=1S/C12H16FN3O4S/c1-15-12(17)10-7-20-6-5-16(10)21(18,19)11-8(13)3-2-4-9(11)14/h2-4,10H,5-7,14H2,1H3,(H,15,17). The van der Waals surface area contributed by atoms with Gasteiger partial charge in [-0.2, -0.15) is 4.31 Å². The number of nitrogens with two attached hydrogens (primary N) is 1. The Labute approximate surface area is 121 Å². The van der Waals surface area contributed by atoms with Crippen molar-refractivity contribution in [3.63, 3.8) is 0 Å². The van der Waals surface area contributed by atoms with Gasteiger partial charge in [0.15, 0.2) is 0 Å². The van der Waals surface area contributed by atoms with E-state index in [4.69, 9.17) is 10.5 Å². The quantitative estimate of drug-likeness (QED) is 0.735. The lowest BCUT2D eigenvalue weighted by atomic mass is 10.2. The summed E-state index contributed by atoms with van der Waals surface area (Å²) in [7, 11) is -2.85. The minimum absolute atomic E-state index is 0.0474. The molecule has 0 saturated carbocycles. The molecule has 1 unspecified atom stereocenters. The van der Waals surface area contributed by atoms with Crippen LogP contribution in [0.25, 0.3) is 0 Å². The molecular weight excluding hydrogens is 301 g/mol. The van der Waals surface area contributed by atoms with Crippen molar-refractivity contribution in [2.75, 3.05) is 32.5 Å². The monoisotopic (exact) mass is 317 g/mol. The molecule has 0 radical (unpaired) electrons. The van der Waals surface area contributed by atoms with Crippen LogP contribution in [0.3, 0.4) is 0 Å². The van der Waals surface area contributed by atoms with Crippen LogP contribution in [0.1, 0.15) is 0 Å². The molecular formula is C12H16FN3O4S. The molecule has 116 valence electrons. The van der Waals surface area contributed by atoms with E-state index in [0.717, 1.165) is 10.4 Å². The van der Waals surface area contributed by atoms with Gasteiger partial charge in [-0.1, -0.05) is 6.07 Å². The first-order valence-electron chi connectivity index (χ1n) is 6.24. The van der Waals surface area contributed by atoms with Gasteiger partial charge in [-0.05, 0) is 12.1 Å². The fourth-order valence-corrected chi connectivity index (χ4v) is 3.89. The molecule has 0 bridgehead atoms. The first kappa shape index (κ1) is 15.7. The van der Waals surface area contributed by atoms with Crippen molar-refractivity contribution in [3.05, 3.63) is 24.0 Å². The topological polar surface area (TPSA) is 102 Å². The van der Waals surface area contributed by atoms with Crippen LogP contribution in [-0.4, -0.2) is 51.5 Å². The summed E-state index contributed by atoms with van der Waals surface area (Å²) in [5, 5.41) is 2.37. The van der Waals surface area contributed by atoms with Crippen LogP contribution in [0.5, 0.6) is 0 Å². The maximum atomic E-state index is 13.9. The fourth-order valence-electron chi connectivity index (χ4n) is 2.16. The van der Waals surface area contributed by atoms with Crippen LogP contribution in [0, 0.1) is 5.82 Å². The molecule has 1 amide bonds. The number of halogens is 1. The molecule has 1 aliphatic heterocycles. The number of nitrogen functional groups attached to an aromatic ring is 1. The van der Waals surface area contributed by atoms with Gasteiger partial charge < -0.3 is 15.8 Å². The fraction of sp³-hybridized carbons (Fsp3) is 0.417. The number of carbonyl (C=O) groups excluding carboxylic acids is 1. The first-order valence-corrected chi connectivity index (χ1v) is 7.68. The minimum atomic E-state index is -4.24. The minimum Gasteiger partial charge on any atom is -0.398 e. The number of likely N-dealkylation sites (N-methyl/N-ethyl adjacent to an activating group) is 1. The Hall–Kier alpha value is -1.71. The Balaban J connectivity index is 2.48. The highest BCUT2D eigenvalue weighted by atomic mass is 32.2. The number of benzene rings is 1. The molecule has 9 heteroatoms. The van der Waals surface area contributed by atoms with Crippen molar-refractivity contribution in [1.29, 1.82) is 0 Å². The van der Waals surface area contributed by atoms with Crippen molar-refractivity contribution in [2.45, 2.75) is 10.9 Å². The Morgan fingerprint density at radius 1 is 1.52 bits per heavy atom. The number of morpholine rings is 1. The number of rotatable bonds is 3. The van der Waals surface area contributed by atoms with Crippen molar-refractivity contribution >= 4 is 21.6 Å². The summed E-state index contributed by atoms with van der Waals surface area (Å²) >= 11 is 0. The highest BCUT2D eigenvalue weighted by molar-refractivity contribution is 7.89. The van der Waals surface area contributed by atoms with E-state index in [1.165, 1.54) is 19.2 Å². The lowest BCUT2D eigenvalue weighted by Crippen LogP contribution is -2.55. The Morgan fingerprint density at radius 2 is 2.24 bits per heavy atom. The zero-order chi connectivity index (χ0) is 15.6. The van der Waals surface area contributed by atoms with E-state index in [2.05, 4.69) is 5.32 Å². The summed E-state index contributed by atoms with van der Waals surface area (Å²) in [5.41, 5.74) is 5.39. The second-order valence-electron chi connectivity index (χ2n) is 4.48. The highest BCUT2D eigenvalue weighted by Crippen LogP contribution is 2.27. The Bertz CT molecular complexity index is 630. The average Bonchev–Trinajstić information content (AvgIpc) is 2.46. The van der Waals surface area contributed by atoms with Gasteiger partial charge in [0.1, 0.15) is 16.8 Å². The van der Waals surface area contributed by atoms with E-state index in [1.54, 1.807) is 0 Å². The molecule has 1 saturated heterocycles. The molecule has 7 nitrogen and oxygen atoms in total. The molecule has 1 fully saturated rings. The number of sulfonamides is 1. The van der Waals surface area contributed by atoms with Gasteiger partial charge in [0, 0.05) is 13.6 Å². The zero-order valence-electron chi connectivity index (χ0n) is 11.4. The number of nitrogens with one attached hydrogen (secondary N) is 1. The van der Waals surface area contributed by atoms with Crippen molar-refractivity contribution in [1.82, 2.24) is 9.62 Å². The number of hydrogen-bond donors (Lipinski definition) is 2. The van der Waals surface area contributed by atoms with Crippen LogP contribution in [0.4, 0.5) is 10.1 Å². The summed E-state index contributed by atoms with van der Waals surface area (Å²) in [5.74, 6) is -1.47. The number of nitrogens with zero attached hydrogens (tertiary/aromatic N) is 1. The van der Waals surface area contributed by atoms with Gasteiger partial charge in [-0.3, -0.25) is 4.79 Å². The van der Waals surface area contributed by atoms with Crippen LogP contribution < -0.4 is 11.1 Å². The summed E-state index contributed by atoms with van der Waals surface area (Å²) in [6, 6.07) is 2.58. The van der Waals surface area contributed by atoms with Crippen LogP contribution >= 0.6 is 0 Å². The van der Waals surface area contributed by atoms with E-state index in [1.807, 2.05) is 0 Å². The molecule has 0 aromatic heterocycles. The third-order valence-corrected chi connectivity index (χ3v) is 5.19. The van der Waals surface area contributed by atoms with Crippen molar-refractivity contribution in [3.8, 4) is 0 Å². The largest absolute Gasteiger partial charge is 0.398 e. The molecule has 2 rings (SSSR count). The van der Waals surface area contributed by atoms with Gasteiger partial charge in [0.2, 0.25) is 15.9 Å². The number of carbonyl (C=O) groups is 1. The smallest absolute Gasteiger partial charge is 0.248 e. The Morgan fingerprint density at radius 3 is 2.86 bits per heavy atom. The van der Waals surface area contributed by atoms with E-state index in [9.17, 15) is 17.6 Å². The predicted molar refractivity (Wildman–Crippen MR) is 73.4 cm³/mol. The lowest BCUT2D eigenvalue weighted by Gasteiger charge is -2.33. The zero-order valence-corrected chi connectivity index (χ0v) is 12.2. The molecule has 1 atom stereocenters. The van der Waals surface area contributed by atoms with Crippen molar-refractivity contribution < 1.29 is 22.3 Å². The highest BCUT2D eigenvalue weighted by Gasteiger charge is 2.40. The third kappa shape index (κ3) is 2.85. The first-order chi connectivity index (χ1) is 9.89. The summed E-state index contributed by atoms with van der Waals surface area (Å²) in [6.45, 7) is -0.0114. The van der Waals surface area contributed by atoms with Gasteiger partial charge >= 0.3 is 0 Å². The van der Waals surface area contributed by atoms with Crippen LogP contribution in [-0.2, 0) is 19.6 Å². The third-order valence-electron chi connectivity index (χ3n) is 3.19. The van der Waals surface area contributed by atoms with Crippen LogP contribution in [0.2, 0.25) is 0 Å². The molecule has 1 aliphatic rings. The van der Waals surface area contributed by atoms with Gasteiger partial charge in [-0.25, -0.2) is 12.8 Å². The molecule has 1 heterocycles. The summed E-state index contributed by atoms with van der Waals surface area (Å²) < 4.78 is 45.2. The van der Waals surface area contributed by atoms with Crippen LogP contribution in [0.15, 0.2) is 23.1 Å². The second kappa shape index (κ2) is 5.96. The Kier molecular flexibility index (Phi) is 4.45. The number of anilines is 1. The maximum absolute atomic E-state index is 13.9. The molecule has 0 spiro atoms. The molecule has 1 aromatic carbocycles. The summed E-state index contributed by atoms with van der Waals surface area (Å²) in [6.07, 6.45) is 0. The number of ether oxygens (including phenoxy) is 1. The normalized spacial score (nSPS) is 20.2. The summed E-state index contributed by atoms with van der Waals surface area (Å²) in [4.78, 5) is 11.2.